The minimum Gasteiger partial charge on any atom is -0.0842 e. The average molecular weight is 220 g/mol. The molecule has 0 aliphatic heterocycles. The zero-order valence-corrected chi connectivity index (χ0v) is 11.7. The van der Waals surface area contributed by atoms with Gasteiger partial charge in [-0.05, 0) is 36.5 Å². The fourth-order valence-electron chi connectivity index (χ4n) is 3.24. The van der Waals surface area contributed by atoms with Crippen molar-refractivity contribution in [2.45, 2.75) is 53.9 Å². The molecule has 2 unspecified atom stereocenters. The van der Waals surface area contributed by atoms with Gasteiger partial charge in [-0.25, -0.2) is 0 Å². The molecule has 0 aromatic heterocycles. The summed E-state index contributed by atoms with van der Waals surface area (Å²) < 4.78 is 0. The minimum atomic E-state index is 0.769. The maximum Gasteiger partial charge on any atom is -0.0146 e. The second kappa shape index (κ2) is 6.27. The molecule has 2 atom stereocenters. The van der Waals surface area contributed by atoms with Crippen molar-refractivity contribution in [2.75, 3.05) is 0 Å². The first kappa shape index (κ1) is 13.5. The minimum absolute atomic E-state index is 0.769. The van der Waals surface area contributed by atoms with E-state index >= 15 is 0 Å². The van der Waals surface area contributed by atoms with Crippen LogP contribution in [-0.2, 0) is 0 Å². The normalized spacial score (nSPS) is 20.1. The zero-order valence-electron chi connectivity index (χ0n) is 11.7. The summed E-state index contributed by atoms with van der Waals surface area (Å²) in [6, 6.07) is 0. The molecule has 0 nitrogen and oxygen atoms in total. The first-order chi connectivity index (χ1) is 7.57. The van der Waals surface area contributed by atoms with E-state index in [0.29, 0.717) is 0 Å². The van der Waals surface area contributed by atoms with Gasteiger partial charge in [0.15, 0.2) is 0 Å². The van der Waals surface area contributed by atoms with Gasteiger partial charge in [-0.3, -0.25) is 0 Å². The molecule has 0 bridgehead atoms. The van der Waals surface area contributed by atoms with Gasteiger partial charge in [0.2, 0.25) is 0 Å². The Labute approximate surface area is 102 Å². The highest BCUT2D eigenvalue weighted by molar-refractivity contribution is 5.21. The van der Waals surface area contributed by atoms with E-state index in [1.54, 1.807) is 5.57 Å². The Morgan fingerprint density at radius 3 is 2.19 bits per heavy atom. The predicted molar refractivity (Wildman–Crippen MR) is 73.4 cm³/mol. The quantitative estimate of drug-likeness (QED) is 0.596. The fraction of sp³-hybridized carbons (Fsp3) is 0.750. The van der Waals surface area contributed by atoms with Crippen LogP contribution in [0.2, 0.25) is 0 Å². The molecular weight excluding hydrogens is 192 g/mol. The van der Waals surface area contributed by atoms with Gasteiger partial charge < -0.3 is 0 Å². The Balaban J connectivity index is 2.88. The topological polar surface area (TPSA) is 0 Å². The second-order valence-corrected chi connectivity index (χ2v) is 5.79. The lowest BCUT2D eigenvalue weighted by atomic mass is 9.70. The average Bonchev–Trinajstić information content (AvgIpc) is 2.25. The Bertz CT molecular complexity index is 255. The van der Waals surface area contributed by atoms with E-state index in [9.17, 15) is 0 Å². The van der Waals surface area contributed by atoms with Gasteiger partial charge in [-0.1, -0.05) is 64.8 Å². The van der Waals surface area contributed by atoms with E-state index in [1.807, 2.05) is 0 Å². The zero-order chi connectivity index (χ0) is 12.1. The van der Waals surface area contributed by atoms with Gasteiger partial charge in [-0.2, -0.15) is 0 Å². The van der Waals surface area contributed by atoms with E-state index in [4.69, 9.17) is 0 Å². The number of allylic oxidation sites excluding steroid dienone is 4. The second-order valence-electron chi connectivity index (χ2n) is 5.79. The SMILES string of the molecule is CCC(C(C)C)C(C1=CC=CCC1)C(C)C. The first-order valence-electron chi connectivity index (χ1n) is 6.93. The lowest BCUT2D eigenvalue weighted by Crippen LogP contribution is -2.26. The molecule has 1 aliphatic rings. The first-order valence-corrected chi connectivity index (χ1v) is 6.93. The summed E-state index contributed by atoms with van der Waals surface area (Å²) in [5.74, 6) is 3.20. The standard InChI is InChI=1S/C16H28/c1-6-15(12(2)3)16(13(4)5)14-10-8-7-9-11-14/h7-8,10,12-13,15-16H,6,9,11H2,1-5H3. The summed E-state index contributed by atoms with van der Waals surface area (Å²) in [6.45, 7) is 11.9. The Morgan fingerprint density at radius 1 is 1.12 bits per heavy atom. The van der Waals surface area contributed by atoms with Crippen LogP contribution in [0.15, 0.2) is 23.8 Å². The Hall–Kier alpha value is -0.520. The molecule has 0 fully saturated rings. The fourth-order valence-corrected chi connectivity index (χ4v) is 3.24. The highest BCUT2D eigenvalue weighted by Crippen LogP contribution is 2.38. The molecule has 0 N–H and O–H groups in total. The van der Waals surface area contributed by atoms with Crippen LogP contribution < -0.4 is 0 Å². The van der Waals surface area contributed by atoms with E-state index in [2.05, 4.69) is 52.8 Å². The van der Waals surface area contributed by atoms with Crippen molar-refractivity contribution in [3.63, 3.8) is 0 Å². The Kier molecular flexibility index (Phi) is 5.31. The molecule has 0 saturated heterocycles. The molecular formula is C16H28. The maximum atomic E-state index is 2.38. The van der Waals surface area contributed by atoms with Crippen molar-refractivity contribution >= 4 is 0 Å². The molecule has 0 spiro atoms. The summed E-state index contributed by atoms with van der Waals surface area (Å²) in [6.07, 6.45) is 10.7. The lowest BCUT2D eigenvalue weighted by Gasteiger charge is -2.35. The molecule has 0 heterocycles. The van der Waals surface area contributed by atoms with Crippen LogP contribution in [0.1, 0.15) is 53.9 Å². The van der Waals surface area contributed by atoms with Crippen LogP contribution in [0.3, 0.4) is 0 Å². The molecule has 0 saturated carbocycles. The molecule has 1 aliphatic carbocycles. The van der Waals surface area contributed by atoms with Crippen molar-refractivity contribution in [1.82, 2.24) is 0 Å². The largest absolute Gasteiger partial charge is 0.0842 e. The highest BCUT2D eigenvalue weighted by Gasteiger charge is 2.28. The van der Waals surface area contributed by atoms with Crippen LogP contribution in [-0.4, -0.2) is 0 Å². The molecule has 92 valence electrons. The third kappa shape index (κ3) is 3.23. The monoisotopic (exact) mass is 220 g/mol. The third-order valence-electron chi connectivity index (χ3n) is 3.98. The lowest BCUT2D eigenvalue weighted by molar-refractivity contribution is 0.219. The molecule has 0 amide bonds. The summed E-state index contributed by atoms with van der Waals surface area (Å²) in [5.41, 5.74) is 1.69. The van der Waals surface area contributed by atoms with Crippen LogP contribution >= 0.6 is 0 Å². The van der Waals surface area contributed by atoms with Gasteiger partial charge in [0.25, 0.3) is 0 Å². The third-order valence-corrected chi connectivity index (χ3v) is 3.98. The smallest absolute Gasteiger partial charge is 0.0146 e. The summed E-state index contributed by atoms with van der Waals surface area (Å²) in [5, 5.41) is 0. The number of hydrogen-bond acceptors (Lipinski definition) is 0. The van der Waals surface area contributed by atoms with Gasteiger partial charge in [0, 0.05) is 0 Å². The van der Waals surface area contributed by atoms with Crippen LogP contribution in [0.4, 0.5) is 0 Å². The van der Waals surface area contributed by atoms with E-state index in [0.717, 1.165) is 23.7 Å². The van der Waals surface area contributed by atoms with Gasteiger partial charge in [0.1, 0.15) is 0 Å². The number of hydrogen-bond donors (Lipinski definition) is 0. The van der Waals surface area contributed by atoms with Crippen molar-refractivity contribution in [3.8, 4) is 0 Å². The van der Waals surface area contributed by atoms with Gasteiger partial charge in [-0.15, -0.1) is 0 Å². The number of rotatable bonds is 5. The van der Waals surface area contributed by atoms with E-state index < -0.39 is 0 Å². The molecule has 0 aromatic rings. The molecule has 0 heteroatoms. The molecule has 16 heavy (non-hydrogen) atoms. The maximum absolute atomic E-state index is 2.38. The molecule has 0 aromatic carbocycles. The highest BCUT2D eigenvalue weighted by atomic mass is 14.3. The van der Waals surface area contributed by atoms with Crippen molar-refractivity contribution in [1.29, 1.82) is 0 Å². The molecule has 0 radical (unpaired) electrons. The predicted octanol–water partition coefficient (Wildman–Crippen LogP) is 5.22. The van der Waals surface area contributed by atoms with Gasteiger partial charge in [0.05, 0.1) is 0 Å². The van der Waals surface area contributed by atoms with Crippen molar-refractivity contribution < 1.29 is 0 Å². The summed E-state index contributed by atoms with van der Waals surface area (Å²) in [7, 11) is 0. The van der Waals surface area contributed by atoms with Crippen molar-refractivity contribution in [2.24, 2.45) is 23.7 Å². The van der Waals surface area contributed by atoms with E-state index in [-0.39, 0.29) is 0 Å². The molecule has 1 rings (SSSR count). The Morgan fingerprint density at radius 2 is 1.81 bits per heavy atom. The summed E-state index contributed by atoms with van der Waals surface area (Å²) >= 11 is 0. The van der Waals surface area contributed by atoms with Gasteiger partial charge >= 0.3 is 0 Å². The van der Waals surface area contributed by atoms with Crippen LogP contribution in [0.5, 0.6) is 0 Å². The van der Waals surface area contributed by atoms with Crippen molar-refractivity contribution in [3.05, 3.63) is 23.8 Å². The van der Waals surface area contributed by atoms with Crippen LogP contribution in [0.25, 0.3) is 0 Å². The van der Waals surface area contributed by atoms with Crippen LogP contribution in [0, 0.1) is 23.7 Å². The summed E-state index contributed by atoms with van der Waals surface area (Å²) in [4.78, 5) is 0. The van der Waals surface area contributed by atoms with E-state index in [1.165, 1.54) is 19.3 Å².